The molecule has 0 aliphatic carbocycles. The molecule has 3 N–H and O–H groups in total. The Labute approximate surface area is 88.2 Å². The minimum absolute atomic E-state index is 0.00989. The van der Waals surface area contributed by atoms with Crippen LogP contribution in [0.3, 0.4) is 0 Å². The number of nitrogens with zero attached hydrogens (tertiary/aromatic N) is 1. The number of alkyl halides is 1. The van der Waals surface area contributed by atoms with Gasteiger partial charge in [0.2, 0.25) is 0 Å². The fourth-order valence-corrected chi connectivity index (χ4v) is 1.21. The minimum Gasteiger partial charge on any atom is -0.392 e. The van der Waals surface area contributed by atoms with E-state index in [-0.39, 0.29) is 12.5 Å². The molecule has 76 valence electrons. The Balaban J connectivity index is 3.10. The fourth-order valence-electron chi connectivity index (χ4n) is 1.15. The molecule has 3 nitrogen and oxygen atoms in total. The highest BCUT2D eigenvalue weighted by molar-refractivity contribution is 6.28. The van der Waals surface area contributed by atoms with Crippen LogP contribution in [0, 0.1) is 6.92 Å². The highest BCUT2D eigenvalue weighted by atomic mass is 35.5. The summed E-state index contributed by atoms with van der Waals surface area (Å²) in [7, 11) is 0. The van der Waals surface area contributed by atoms with E-state index in [0.29, 0.717) is 5.84 Å². The normalized spacial score (nSPS) is 11.8. The van der Waals surface area contributed by atoms with Crippen LogP contribution >= 0.6 is 11.6 Å². The van der Waals surface area contributed by atoms with Crippen molar-refractivity contribution in [1.82, 2.24) is 0 Å². The second-order valence-electron chi connectivity index (χ2n) is 2.96. The Hall–Kier alpha value is -1.06. The first kappa shape index (κ1) is 11.0. The molecule has 14 heavy (non-hydrogen) atoms. The monoisotopic (exact) mass is 212 g/mol. The molecule has 1 aromatic carbocycles. The van der Waals surface area contributed by atoms with Gasteiger partial charge in [-0.25, -0.2) is 4.99 Å². The van der Waals surface area contributed by atoms with Gasteiger partial charge >= 0.3 is 0 Å². The van der Waals surface area contributed by atoms with Gasteiger partial charge in [-0.05, 0) is 24.1 Å². The van der Waals surface area contributed by atoms with Crippen molar-refractivity contribution < 1.29 is 5.11 Å². The Kier molecular flexibility index (Phi) is 3.92. The second kappa shape index (κ2) is 4.98. The van der Waals surface area contributed by atoms with Crippen LogP contribution < -0.4 is 5.73 Å². The van der Waals surface area contributed by atoms with Gasteiger partial charge in [0.15, 0.2) is 0 Å². The summed E-state index contributed by atoms with van der Waals surface area (Å²) in [5.41, 5.74) is 8.07. The molecule has 0 radical (unpaired) electrons. The molecule has 0 spiro atoms. The van der Waals surface area contributed by atoms with Crippen molar-refractivity contribution in [2.24, 2.45) is 10.7 Å². The molecule has 4 heteroatoms. The molecule has 0 aliphatic heterocycles. The Bertz CT molecular complexity index is 350. The van der Waals surface area contributed by atoms with Crippen molar-refractivity contribution >= 4 is 23.1 Å². The van der Waals surface area contributed by atoms with Crippen molar-refractivity contribution in [3.63, 3.8) is 0 Å². The van der Waals surface area contributed by atoms with Crippen LogP contribution in [0.1, 0.15) is 11.1 Å². The number of nitrogens with two attached hydrogens (primary N) is 1. The maximum absolute atomic E-state index is 9.03. The zero-order chi connectivity index (χ0) is 10.6. The molecule has 1 aromatic rings. The Morgan fingerprint density at radius 1 is 1.57 bits per heavy atom. The smallest absolute Gasteiger partial charge is 0.115 e. The van der Waals surface area contributed by atoms with Crippen LogP contribution in [0.5, 0.6) is 0 Å². The van der Waals surface area contributed by atoms with E-state index in [1.165, 1.54) is 0 Å². The molecule has 0 fully saturated rings. The molecule has 0 heterocycles. The number of hydrogen-bond acceptors (Lipinski definition) is 2. The molecule has 0 aromatic heterocycles. The van der Waals surface area contributed by atoms with Gasteiger partial charge in [0.1, 0.15) is 5.84 Å². The van der Waals surface area contributed by atoms with Crippen LogP contribution in [0.2, 0.25) is 0 Å². The summed E-state index contributed by atoms with van der Waals surface area (Å²) in [5.74, 6) is 0.591. The number of halogens is 1. The number of aliphatic hydroxyl groups is 1. The molecular formula is C10H13ClN2O. The fraction of sp³-hybridized carbons (Fsp3) is 0.300. The molecule has 0 unspecified atom stereocenters. The molecule has 0 saturated carbocycles. The highest BCUT2D eigenvalue weighted by Crippen LogP contribution is 2.21. The lowest BCUT2D eigenvalue weighted by Crippen LogP contribution is -2.12. The zero-order valence-corrected chi connectivity index (χ0v) is 8.75. The number of benzene rings is 1. The van der Waals surface area contributed by atoms with E-state index in [2.05, 4.69) is 4.99 Å². The first-order valence-corrected chi connectivity index (χ1v) is 4.81. The number of rotatable bonds is 3. The highest BCUT2D eigenvalue weighted by Gasteiger charge is 2.02. The van der Waals surface area contributed by atoms with Crippen molar-refractivity contribution in [1.29, 1.82) is 0 Å². The van der Waals surface area contributed by atoms with Gasteiger partial charge in [0, 0.05) is 0 Å². The van der Waals surface area contributed by atoms with Gasteiger partial charge in [-0.15, -0.1) is 11.6 Å². The van der Waals surface area contributed by atoms with E-state index in [1.807, 2.05) is 25.1 Å². The predicted molar refractivity (Wildman–Crippen MR) is 59.1 cm³/mol. The Morgan fingerprint density at radius 2 is 2.29 bits per heavy atom. The largest absolute Gasteiger partial charge is 0.392 e. The van der Waals surface area contributed by atoms with Gasteiger partial charge in [0.25, 0.3) is 0 Å². The molecule has 0 saturated heterocycles. The molecule has 0 bridgehead atoms. The summed E-state index contributed by atoms with van der Waals surface area (Å²) < 4.78 is 0. The molecule has 0 atom stereocenters. The van der Waals surface area contributed by atoms with Crippen molar-refractivity contribution in [2.45, 2.75) is 13.5 Å². The average Bonchev–Trinajstić information content (AvgIpc) is 2.21. The predicted octanol–water partition coefficient (Wildman–Crippen LogP) is 1.71. The minimum atomic E-state index is 0.00989. The first-order chi connectivity index (χ1) is 6.69. The second-order valence-corrected chi connectivity index (χ2v) is 3.22. The van der Waals surface area contributed by atoms with Crippen LogP contribution in [0.25, 0.3) is 0 Å². The van der Waals surface area contributed by atoms with E-state index in [9.17, 15) is 0 Å². The average molecular weight is 213 g/mol. The molecule has 0 amide bonds. The van der Waals surface area contributed by atoms with E-state index in [1.54, 1.807) is 0 Å². The summed E-state index contributed by atoms with van der Waals surface area (Å²) >= 11 is 5.52. The maximum Gasteiger partial charge on any atom is 0.115 e. The van der Waals surface area contributed by atoms with Gasteiger partial charge in [-0.1, -0.05) is 12.1 Å². The molecule has 1 rings (SSSR count). The number of aliphatic hydroxyl groups excluding tert-OH is 1. The third-order valence-electron chi connectivity index (χ3n) is 1.99. The van der Waals surface area contributed by atoms with Crippen molar-refractivity contribution in [3.05, 3.63) is 29.3 Å². The SMILES string of the molecule is Cc1c(CO)cccc1N=C(N)CCl. The summed E-state index contributed by atoms with van der Waals surface area (Å²) in [5, 5.41) is 9.03. The standard InChI is InChI=1S/C10H13ClN2O/c1-7-8(6-14)3-2-4-9(7)13-10(12)5-11/h2-4,14H,5-6H2,1H3,(H2,12,13). The van der Waals surface area contributed by atoms with Crippen LogP contribution in [-0.4, -0.2) is 16.8 Å². The number of aliphatic imine (C=N–C) groups is 1. The van der Waals surface area contributed by atoms with Crippen LogP contribution in [-0.2, 0) is 6.61 Å². The van der Waals surface area contributed by atoms with Crippen LogP contribution in [0.4, 0.5) is 5.69 Å². The van der Waals surface area contributed by atoms with E-state index in [4.69, 9.17) is 22.4 Å². The van der Waals surface area contributed by atoms with Gasteiger partial charge in [0.05, 0.1) is 18.2 Å². The number of amidine groups is 1. The van der Waals surface area contributed by atoms with Gasteiger partial charge in [-0.3, -0.25) is 0 Å². The summed E-state index contributed by atoms with van der Waals surface area (Å²) in [6.07, 6.45) is 0. The lowest BCUT2D eigenvalue weighted by Gasteiger charge is -2.05. The van der Waals surface area contributed by atoms with E-state index in [0.717, 1.165) is 16.8 Å². The lowest BCUT2D eigenvalue weighted by molar-refractivity contribution is 0.281. The van der Waals surface area contributed by atoms with E-state index >= 15 is 0 Å². The zero-order valence-electron chi connectivity index (χ0n) is 8.00. The van der Waals surface area contributed by atoms with Crippen LogP contribution in [0.15, 0.2) is 23.2 Å². The topological polar surface area (TPSA) is 58.6 Å². The van der Waals surface area contributed by atoms with Crippen molar-refractivity contribution in [2.75, 3.05) is 5.88 Å². The molecular weight excluding hydrogens is 200 g/mol. The maximum atomic E-state index is 9.03. The third-order valence-corrected chi connectivity index (χ3v) is 2.26. The molecule has 0 aliphatic rings. The van der Waals surface area contributed by atoms with Gasteiger partial charge < -0.3 is 10.8 Å². The Morgan fingerprint density at radius 3 is 2.86 bits per heavy atom. The summed E-state index contributed by atoms with van der Waals surface area (Å²) in [6.45, 7) is 1.90. The van der Waals surface area contributed by atoms with E-state index < -0.39 is 0 Å². The summed E-state index contributed by atoms with van der Waals surface area (Å²) in [4.78, 5) is 4.14. The first-order valence-electron chi connectivity index (χ1n) is 4.27. The van der Waals surface area contributed by atoms with Crippen molar-refractivity contribution in [3.8, 4) is 0 Å². The quantitative estimate of drug-likeness (QED) is 0.455. The number of hydrogen-bond donors (Lipinski definition) is 2. The summed E-state index contributed by atoms with van der Waals surface area (Å²) in [6, 6.07) is 5.53. The third kappa shape index (κ3) is 2.47. The lowest BCUT2D eigenvalue weighted by atomic mass is 10.1. The van der Waals surface area contributed by atoms with Gasteiger partial charge in [-0.2, -0.15) is 0 Å².